The van der Waals surface area contributed by atoms with Crippen LogP contribution in [0.3, 0.4) is 0 Å². The molecule has 3 N–H and O–H groups in total. The summed E-state index contributed by atoms with van der Waals surface area (Å²) in [6, 6.07) is 15.8. The molecule has 0 heterocycles. The monoisotopic (exact) mass is 282 g/mol. The highest BCUT2D eigenvalue weighted by Gasteiger charge is 2.12. The fourth-order valence-corrected chi connectivity index (χ4v) is 2.08. The molecule has 0 atom stereocenters. The molecule has 0 aliphatic heterocycles. The highest BCUT2D eigenvalue weighted by molar-refractivity contribution is 5.93. The van der Waals surface area contributed by atoms with Crippen molar-refractivity contribution in [1.82, 2.24) is 0 Å². The molecule has 3 nitrogen and oxygen atoms in total. The first-order valence-corrected chi connectivity index (χ1v) is 7.09. The number of primary amides is 1. The van der Waals surface area contributed by atoms with E-state index in [9.17, 15) is 4.79 Å². The topological polar surface area (TPSA) is 55.1 Å². The number of benzene rings is 2. The number of anilines is 1. The van der Waals surface area contributed by atoms with Gasteiger partial charge in [0.15, 0.2) is 0 Å². The van der Waals surface area contributed by atoms with Crippen LogP contribution in [0.1, 0.15) is 42.3 Å². The van der Waals surface area contributed by atoms with E-state index < -0.39 is 5.91 Å². The molecule has 0 saturated heterocycles. The average molecular weight is 282 g/mol. The summed E-state index contributed by atoms with van der Waals surface area (Å²) in [4.78, 5) is 11.0. The van der Waals surface area contributed by atoms with Gasteiger partial charge in [0.2, 0.25) is 5.91 Å². The Bertz CT molecular complexity index is 607. The minimum atomic E-state index is -0.403. The number of carbonyl (C=O) groups excluding carboxylic acids is 1. The molecule has 2 rings (SSSR count). The Kier molecular flexibility index (Phi) is 4.32. The largest absolute Gasteiger partial charge is 0.381 e. The van der Waals surface area contributed by atoms with Crippen molar-refractivity contribution in [2.45, 2.75) is 32.7 Å². The van der Waals surface area contributed by atoms with E-state index in [4.69, 9.17) is 5.73 Å². The minimum Gasteiger partial charge on any atom is -0.381 e. The molecular formula is C18H22N2O. The van der Waals surface area contributed by atoms with Crippen molar-refractivity contribution in [3.05, 3.63) is 65.2 Å². The summed E-state index contributed by atoms with van der Waals surface area (Å²) in [5.74, 6) is -0.403. The Morgan fingerprint density at radius 3 is 2.05 bits per heavy atom. The second-order valence-corrected chi connectivity index (χ2v) is 6.24. The first-order valence-electron chi connectivity index (χ1n) is 7.09. The number of hydrogen-bond donors (Lipinski definition) is 2. The summed E-state index contributed by atoms with van der Waals surface area (Å²) >= 11 is 0. The van der Waals surface area contributed by atoms with E-state index in [1.807, 2.05) is 12.1 Å². The Hall–Kier alpha value is -2.29. The van der Waals surface area contributed by atoms with Crippen molar-refractivity contribution in [1.29, 1.82) is 0 Å². The molecule has 0 saturated carbocycles. The van der Waals surface area contributed by atoms with Crippen LogP contribution in [0.4, 0.5) is 5.69 Å². The Labute approximate surface area is 126 Å². The zero-order valence-electron chi connectivity index (χ0n) is 12.8. The number of nitrogens with one attached hydrogen (secondary N) is 1. The van der Waals surface area contributed by atoms with Crippen LogP contribution >= 0.6 is 0 Å². The molecule has 3 heteroatoms. The molecule has 1 amide bonds. The third-order valence-electron chi connectivity index (χ3n) is 3.49. The van der Waals surface area contributed by atoms with E-state index >= 15 is 0 Å². The van der Waals surface area contributed by atoms with Gasteiger partial charge in [0.25, 0.3) is 0 Å². The molecule has 21 heavy (non-hydrogen) atoms. The molecule has 0 fully saturated rings. The highest BCUT2D eigenvalue weighted by Crippen LogP contribution is 2.22. The normalized spacial score (nSPS) is 11.2. The van der Waals surface area contributed by atoms with Crippen LogP contribution in [-0.4, -0.2) is 5.91 Å². The quantitative estimate of drug-likeness (QED) is 0.898. The van der Waals surface area contributed by atoms with Gasteiger partial charge in [-0.1, -0.05) is 45.0 Å². The summed E-state index contributed by atoms with van der Waals surface area (Å²) in [5.41, 5.74) is 9.45. The highest BCUT2D eigenvalue weighted by atomic mass is 16.1. The second-order valence-electron chi connectivity index (χ2n) is 6.24. The third kappa shape index (κ3) is 4.09. The van der Waals surface area contributed by atoms with E-state index in [0.29, 0.717) is 5.56 Å². The maximum atomic E-state index is 11.0. The molecule has 0 aliphatic carbocycles. The average Bonchev–Trinajstić information content (AvgIpc) is 2.45. The maximum absolute atomic E-state index is 11.0. The van der Waals surface area contributed by atoms with Crippen LogP contribution in [0, 0.1) is 0 Å². The standard InChI is InChI=1S/C18H22N2O/c1-18(2,3)15-8-4-13(5-9-15)12-20-16-10-6-14(7-11-16)17(19)21/h4-11,20H,12H2,1-3H3,(H2,19,21). The van der Waals surface area contributed by atoms with E-state index in [-0.39, 0.29) is 5.41 Å². The molecular weight excluding hydrogens is 260 g/mol. The van der Waals surface area contributed by atoms with Gasteiger partial charge in [-0.3, -0.25) is 4.79 Å². The summed E-state index contributed by atoms with van der Waals surface area (Å²) < 4.78 is 0. The zero-order valence-corrected chi connectivity index (χ0v) is 12.8. The van der Waals surface area contributed by atoms with Gasteiger partial charge in [0, 0.05) is 17.8 Å². The molecule has 110 valence electrons. The van der Waals surface area contributed by atoms with Crippen LogP contribution in [0.5, 0.6) is 0 Å². The molecule has 2 aromatic carbocycles. The van der Waals surface area contributed by atoms with Crippen molar-refractivity contribution < 1.29 is 4.79 Å². The van der Waals surface area contributed by atoms with Crippen molar-refractivity contribution in [2.24, 2.45) is 5.73 Å². The first kappa shape index (κ1) is 15.1. The predicted molar refractivity (Wildman–Crippen MR) is 87.4 cm³/mol. The van der Waals surface area contributed by atoms with Gasteiger partial charge in [-0.25, -0.2) is 0 Å². The van der Waals surface area contributed by atoms with Crippen molar-refractivity contribution >= 4 is 11.6 Å². The fraction of sp³-hybridized carbons (Fsp3) is 0.278. The van der Waals surface area contributed by atoms with Gasteiger partial charge < -0.3 is 11.1 Å². The van der Waals surface area contributed by atoms with Crippen LogP contribution in [0.15, 0.2) is 48.5 Å². The summed E-state index contributed by atoms with van der Waals surface area (Å²) in [6.45, 7) is 7.38. The van der Waals surface area contributed by atoms with E-state index in [2.05, 4.69) is 50.4 Å². The minimum absolute atomic E-state index is 0.177. The first-order chi connectivity index (χ1) is 9.86. The van der Waals surface area contributed by atoms with Crippen LogP contribution in [-0.2, 0) is 12.0 Å². The van der Waals surface area contributed by atoms with Gasteiger partial charge in [-0.05, 0) is 40.8 Å². The lowest BCUT2D eigenvalue weighted by Crippen LogP contribution is -2.11. The molecule has 0 unspecified atom stereocenters. The van der Waals surface area contributed by atoms with Crippen molar-refractivity contribution in [3.63, 3.8) is 0 Å². The van der Waals surface area contributed by atoms with Gasteiger partial charge >= 0.3 is 0 Å². The van der Waals surface area contributed by atoms with Gasteiger partial charge in [-0.2, -0.15) is 0 Å². The van der Waals surface area contributed by atoms with Crippen LogP contribution in [0.2, 0.25) is 0 Å². The number of carbonyl (C=O) groups is 1. The Balaban J connectivity index is 1.98. The summed E-state index contributed by atoms with van der Waals surface area (Å²) in [7, 11) is 0. The number of hydrogen-bond acceptors (Lipinski definition) is 2. The Morgan fingerprint density at radius 2 is 1.57 bits per heavy atom. The maximum Gasteiger partial charge on any atom is 0.248 e. The van der Waals surface area contributed by atoms with E-state index in [0.717, 1.165) is 12.2 Å². The number of rotatable bonds is 4. The van der Waals surface area contributed by atoms with Gasteiger partial charge in [0.05, 0.1) is 0 Å². The van der Waals surface area contributed by atoms with Crippen LogP contribution in [0.25, 0.3) is 0 Å². The zero-order chi connectivity index (χ0) is 15.5. The van der Waals surface area contributed by atoms with Crippen molar-refractivity contribution in [2.75, 3.05) is 5.32 Å². The third-order valence-corrected chi connectivity index (χ3v) is 3.49. The number of nitrogens with two attached hydrogens (primary N) is 1. The van der Waals surface area contributed by atoms with Crippen LogP contribution < -0.4 is 11.1 Å². The predicted octanol–water partition coefficient (Wildman–Crippen LogP) is 3.70. The number of amides is 1. The molecule has 0 spiro atoms. The molecule has 0 radical (unpaired) electrons. The lowest BCUT2D eigenvalue weighted by Gasteiger charge is -2.19. The molecule has 0 aromatic heterocycles. The summed E-state index contributed by atoms with van der Waals surface area (Å²) in [6.07, 6.45) is 0. The second kappa shape index (κ2) is 6.00. The molecule has 2 aromatic rings. The smallest absolute Gasteiger partial charge is 0.248 e. The van der Waals surface area contributed by atoms with Crippen molar-refractivity contribution in [3.8, 4) is 0 Å². The lowest BCUT2D eigenvalue weighted by atomic mass is 9.87. The lowest BCUT2D eigenvalue weighted by molar-refractivity contribution is 0.100. The van der Waals surface area contributed by atoms with E-state index in [1.54, 1.807) is 12.1 Å². The summed E-state index contributed by atoms with van der Waals surface area (Å²) in [5, 5.41) is 3.33. The van der Waals surface area contributed by atoms with Gasteiger partial charge in [0.1, 0.15) is 0 Å². The molecule has 0 aliphatic rings. The molecule has 0 bridgehead atoms. The Morgan fingerprint density at radius 1 is 1.00 bits per heavy atom. The van der Waals surface area contributed by atoms with Gasteiger partial charge in [-0.15, -0.1) is 0 Å². The fourth-order valence-electron chi connectivity index (χ4n) is 2.08. The van der Waals surface area contributed by atoms with E-state index in [1.165, 1.54) is 11.1 Å². The SMILES string of the molecule is CC(C)(C)c1ccc(CNc2ccc(C(N)=O)cc2)cc1.